The number of aromatic amines is 1. The number of methoxy groups -OCH3 is 1. The van der Waals surface area contributed by atoms with E-state index in [1.165, 1.54) is 0 Å². The number of nitrogens with zero attached hydrogens (tertiary/aromatic N) is 1. The normalized spacial score (nSPS) is 16.6. The molecule has 1 aliphatic carbocycles. The maximum Gasteiger partial charge on any atom is 0.252 e. The molecular weight excluding hydrogens is 278 g/mol. The van der Waals surface area contributed by atoms with Gasteiger partial charge in [0.25, 0.3) is 5.91 Å². The summed E-state index contributed by atoms with van der Waals surface area (Å²) in [4.78, 5) is 20.1. The van der Waals surface area contributed by atoms with E-state index in [-0.39, 0.29) is 11.4 Å². The highest BCUT2D eigenvalue weighted by Crippen LogP contribution is 2.31. The lowest BCUT2D eigenvalue weighted by Crippen LogP contribution is -2.49. The number of benzene rings is 1. The number of carbonyl (C=O) groups excluding carboxylic acids is 1. The van der Waals surface area contributed by atoms with Gasteiger partial charge in [-0.1, -0.05) is 31.0 Å². The zero-order valence-corrected chi connectivity index (χ0v) is 12.8. The van der Waals surface area contributed by atoms with Gasteiger partial charge in [-0.15, -0.1) is 0 Å². The van der Waals surface area contributed by atoms with Gasteiger partial charge in [0.1, 0.15) is 5.82 Å². The average Bonchev–Trinajstić information content (AvgIpc) is 3.19. The predicted octanol–water partition coefficient (Wildman–Crippen LogP) is 2.77. The summed E-state index contributed by atoms with van der Waals surface area (Å²) < 4.78 is 5.34. The quantitative estimate of drug-likeness (QED) is 0.892. The number of rotatable bonds is 5. The molecule has 3 rings (SSSR count). The molecule has 0 spiro atoms. The lowest BCUT2D eigenvalue weighted by molar-refractivity contribution is 0.0767. The van der Waals surface area contributed by atoms with E-state index in [9.17, 15) is 4.79 Å². The molecule has 1 aromatic carbocycles. The van der Waals surface area contributed by atoms with Gasteiger partial charge in [0.2, 0.25) is 0 Å². The van der Waals surface area contributed by atoms with E-state index in [1.807, 2.05) is 24.3 Å². The van der Waals surface area contributed by atoms with Gasteiger partial charge in [-0.2, -0.15) is 0 Å². The number of ether oxygens (including phenoxy) is 1. The van der Waals surface area contributed by atoms with Crippen LogP contribution in [0.4, 0.5) is 0 Å². The van der Waals surface area contributed by atoms with Gasteiger partial charge in [0, 0.05) is 25.1 Å². The first-order valence-electron chi connectivity index (χ1n) is 7.64. The van der Waals surface area contributed by atoms with Crippen molar-refractivity contribution in [3.63, 3.8) is 0 Å². The summed E-state index contributed by atoms with van der Waals surface area (Å²) in [6, 6.07) is 7.53. The number of nitrogens with one attached hydrogen (secondary N) is 2. The highest BCUT2D eigenvalue weighted by atomic mass is 16.5. The van der Waals surface area contributed by atoms with Crippen molar-refractivity contribution in [3.8, 4) is 11.4 Å². The van der Waals surface area contributed by atoms with Gasteiger partial charge in [-0.05, 0) is 18.9 Å². The van der Waals surface area contributed by atoms with Crippen LogP contribution < -0.4 is 5.32 Å². The molecule has 0 aliphatic heterocycles. The van der Waals surface area contributed by atoms with Gasteiger partial charge in [-0.25, -0.2) is 4.98 Å². The van der Waals surface area contributed by atoms with Crippen LogP contribution in [-0.2, 0) is 4.74 Å². The molecule has 1 amide bonds. The summed E-state index contributed by atoms with van der Waals surface area (Å²) in [5.41, 5.74) is 1.22. The Balaban J connectivity index is 1.86. The molecule has 1 aromatic heterocycles. The standard InChI is InChI=1S/C17H21N3O2/c1-22-12-17(8-4-5-9-17)20-16(21)14-7-3-2-6-13(14)15-18-10-11-19-15/h2-3,6-7,10-11H,4-5,8-9,12H2,1H3,(H,18,19)(H,20,21). The third-order valence-corrected chi connectivity index (χ3v) is 4.29. The molecule has 1 saturated carbocycles. The first kappa shape index (κ1) is 14.8. The van der Waals surface area contributed by atoms with Crippen molar-refractivity contribution < 1.29 is 9.53 Å². The van der Waals surface area contributed by atoms with E-state index in [4.69, 9.17) is 4.74 Å². The number of hydrogen-bond acceptors (Lipinski definition) is 3. The molecule has 0 unspecified atom stereocenters. The Morgan fingerprint density at radius 1 is 1.36 bits per heavy atom. The highest BCUT2D eigenvalue weighted by Gasteiger charge is 2.36. The van der Waals surface area contributed by atoms with Crippen LogP contribution in [0.5, 0.6) is 0 Å². The fraction of sp³-hybridized carbons (Fsp3) is 0.412. The van der Waals surface area contributed by atoms with Crippen LogP contribution in [0.3, 0.4) is 0 Å². The van der Waals surface area contributed by atoms with Crippen molar-refractivity contribution in [2.24, 2.45) is 0 Å². The zero-order valence-electron chi connectivity index (χ0n) is 12.8. The van der Waals surface area contributed by atoms with E-state index in [0.29, 0.717) is 18.0 Å². The summed E-state index contributed by atoms with van der Waals surface area (Å²) in [7, 11) is 1.68. The second-order valence-electron chi connectivity index (χ2n) is 5.86. The van der Waals surface area contributed by atoms with Gasteiger partial charge < -0.3 is 15.0 Å². The summed E-state index contributed by atoms with van der Waals surface area (Å²) in [5.74, 6) is 0.643. The fourth-order valence-electron chi connectivity index (χ4n) is 3.24. The SMILES string of the molecule is COCC1(NC(=O)c2ccccc2-c2ncc[nH]2)CCCC1. The molecule has 5 nitrogen and oxygen atoms in total. The van der Waals surface area contributed by atoms with Crippen molar-refractivity contribution in [3.05, 3.63) is 42.2 Å². The summed E-state index contributed by atoms with van der Waals surface area (Å²) in [6.45, 7) is 0.557. The Hall–Kier alpha value is -2.14. The Morgan fingerprint density at radius 2 is 2.14 bits per heavy atom. The summed E-state index contributed by atoms with van der Waals surface area (Å²) in [5, 5.41) is 3.21. The summed E-state index contributed by atoms with van der Waals surface area (Å²) in [6.07, 6.45) is 7.64. The largest absolute Gasteiger partial charge is 0.382 e. The number of aromatic nitrogens is 2. The topological polar surface area (TPSA) is 67.0 Å². The van der Waals surface area contributed by atoms with Crippen LogP contribution in [0.1, 0.15) is 36.0 Å². The summed E-state index contributed by atoms with van der Waals surface area (Å²) >= 11 is 0. The smallest absolute Gasteiger partial charge is 0.252 e. The molecule has 1 fully saturated rings. The second kappa shape index (κ2) is 6.32. The monoisotopic (exact) mass is 299 g/mol. The van der Waals surface area contributed by atoms with E-state index < -0.39 is 0 Å². The Labute approximate surface area is 130 Å². The molecule has 22 heavy (non-hydrogen) atoms. The highest BCUT2D eigenvalue weighted by molar-refractivity contribution is 6.00. The van der Waals surface area contributed by atoms with E-state index in [2.05, 4.69) is 15.3 Å². The van der Waals surface area contributed by atoms with E-state index in [0.717, 1.165) is 31.2 Å². The zero-order chi connectivity index (χ0) is 15.4. The molecule has 0 saturated heterocycles. The van der Waals surface area contributed by atoms with Crippen molar-refractivity contribution in [1.29, 1.82) is 0 Å². The number of H-pyrrole nitrogens is 1. The van der Waals surface area contributed by atoms with E-state index in [1.54, 1.807) is 19.5 Å². The third kappa shape index (κ3) is 2.90. The Bertz CT molecular complexity index is 631. The van der Waals surface area contributed by atoms with Gasteiger partial charge in [0.05, 0.1) is 17.7 Å². The maximum absolute atomic E-state index is 12.8. The first-order valence-corrected chi connectivity index (χ1v) is 7.64. The number of hydrogen-bond donors (Lipinski definition) is 2. The predicted molar refractivity (Wildman–Crippen MR) is 84.6 cm³/mol. The number of imidazole rings is 1. The Morgan fingerprint density at radius 3 is 2.82 bits per heavy atom. The molecule has 1 aliphatic rings. The molecule has 0 radical (unpaired) electrons. The van der Waals surface area contributed by atoms with Crippen molar-refractivity contribution in [2.75, 3.05) is 13.7 Å². The number of carbonyl (C=O) groups is 1. The minimum Gasteiger partial charge on any atom is -0.382 e. The molecule has 2 N–H and O–H groups in total. The molecule has 0 bridgehead atoms. The maximum atomic E-state index is 12.8. The molecule has 116 valence electrons. The molecule has 1 heterocycles. The van der Waals surface area contributed by atoms with Crippen LogP contribution in [-0.4, -0.2) is 35.1 Å². The molecule has 5 heteroatoms. The van der Waals surface area contributed by atoms with Crippen molar-refractivity contribution in [1.82, 2.24) is 15.3 Å². The van der Waals surface area contributed by atoms with Crippen molar-refractivity contribution >= 4 is 5.91 Å². The van der Waals surface area contributed by atoms with Crippen LogP contribution in [0.25, 0.3) is 11.4 Å². The third-order valence-electron chi connectivity index (χ3n) is 4.29. The Kier molecular flexibility index (Phi) is 4.24. The van der Waals surface area contributed by atoms with Crippen molar-refractivity contribution in [2.45, 2.75) is 31.2 Å². The van der Waals surface area contributed by atoms with Gasteiger partial charge in [-0.3, -0.25) is 4.79 Å². The lowest BCUT2D eigenvalue weighted by atomic mass is 9.97. The average molecular weight is 299 g/mol. The molecular formula is C17H21N3O2. The van der Waals surface area contributed by atoms with Crippen LogP contribution in [0.15, 0.2) is 36.7 Å². The van der Waals surface area contributed by atoms with E-state index >= 15 is 0 Å². The van der Waals surface area contributed by atoms with Crippen LogP contribution in [0, 0.1) is 0 Å². The van der Waals surface area contributed by atoms with Crippen LogP contribution >= 0.6 is 0 Å². The number of amides is 1. The lowest BCUT2D eigenvalue weighted by Gasteiger charge is -2.29. The van der Waals surface area contributed by atoms with Gasteiger partial charge >= 0.3 is 0 Å². The molecule has 2 aromatic rings. The minimum atomic E-state index is -0.234. The first-order chi connectivity index (χ1) is 10.7. The minimum absolute atomic E-state index is 0.0639. The van der Waals surface area contributed by atoms with Gasteiger partial charge in [0.15, 0.2) is 0 Å². The van der Waals surface area contributed by atoms with Crippen LogP contribution in [0.2, 0.25) is 0 Å². The molecule has 0 atom stereocenters. The second-order valence-corrected chi connectivity index (χ2v) is 5.86. The fourth-order valence-corrected chi connectivity index (χ4v) is 3.24.